The number of benzene rings is 1. The number of carbonyl (C=O) groups is 1. The van der Waals surface area contributed by atoms with Crippen LogP contribution in [0.15, 0.2) is 24.3 Å². The van der Waals surface area contributed by atoms with Gasteiger partial charge in [0.15, 0.2) is 6.16 Å². The van der Waals surface area contributed by atoms with E-state index in [1.54, 1.807) is 12.1 Å². The first kappa shape index (κ1) is 10.8. The monoisotopic (exact) mass is 213 g/mol. The van der Waals surface area contributed by atoms with Crippen LogP contribution in [0.25, 0.3) is 0 Å². The maximum Gasteiger partial charge on any atom is 0.505 e. The molecule has 4 nitrogen and oxygen atoms in total. The Kier molecular flexibility index (Phi) is 3.74. The van der Waals surface area contributed by atoms with Crippen molar-refractivity contribution in [2.75, 3.05) is 6.16 Å². The highest BCUT2D eigenvalue weighted by atomic mass is 31.1. The van der Waals surface area contributed by atoms with Gasteiger partial charge in [-0.1, -0.05) is 12.1 Å². The van der Waals surface area contributed by atoms with Crippen LogP contribution in [0.2, 0.25) is 0 Å². The third kappa shape index (κ3) is 3.24. The van der Waals surface area contributed by atoms with Crippen molar-refractivity contribution in [1.82, 2.24) is 0 Å². The molecule has 74 valence electrons. The summed E-state index contributed by atoms with van der Waals surface area (Å²) in [5.41, 5.74) is 0.970. The topological polar surface area (TPSA) is 74.6 Å². The molecule has 2 N–H and O–H groups in total. The van der Waals surface area contributed by atoms with Crippen LogP contribution in [-0.4, -0.2) is 22.1 Å². The van der Waals surface area contributed by atoms with Crippen molar-refractivity contribution in [2.24, 2.45) is 0 Å². The Morgan fingerprint density at radius 1 is 1.43 bits per heavy atom. The molecule has 0 aliphatic carbocycles. The lowest BCUT2D eigenvalue weighted by atomic mass is 10.1. The van der Waals surface area contributed by atoms with Crippen molar-refractivity contribution in [3.8, 4) is 0 Å². The van der Waals surface area contributed by atoms with Crippen molar-refractivity contribution in [3.05, 3.63) is 35.4 Å². The summed E-state index contributed by atoms with van der Waals surface area (Å²) in [6, 6.07) is 6.38. The van der Waals surface area contributed by atoms with Crippen molar-refractivity contribution in [2.45, 2.75) is 6.42 Å². The van der Waals surface area contributed by atoms with Crippen molar-refractivity contribution in [1.29, 1.82) is 0 Å². The van der Waals surface area contributed by atoms with E-state index in [9.17, 15) is 9.36 Å². The van der Waals surface area contributed by atoms with Gasteiger partial charge in [-0.2, -0.15) is 4.89 Å². The molecule has 0 bridgehead atoms. The molecule has 1 atom stereocenters. The lowest BCUT2D eigenvalue weighted by Crippen LogP contribution is -1.97. The molecule has 0 aromatic heterocycles. The van der Waals surface area contributed by atoms with Crippen molar-refractivity contribution >= 4 is 14.0 Å². The van der Waals surface area contributed by atoms with Gasteiger partial charge in [-0.25, -0.2) is 4.79 Å². The van der Waals surface area contributed by atoms with E-state index in [1.165, 1.54) is 12.1 Å². The van der Waals surface area contributed by atoms with E-state index < -0.39 is 14.0 Å². The molecule has 0 amide bonds. The predicted octanol–water partition coefficient (Wildman–Crippen LogP) is 1.66. The second-order valence-corrected chi connectivity index (χ2v) is 3.98. The molecule has 0 spiro atoms. The molecule has 0 aliphatic heterocycles. The Morgan fingerprint density at radius 3 is 2.71 bits per heavy atom. The summed E-state index contributed by atoms with van der Waals surface area (Å²) < 4.78 is 10.4. The molecular formula is C9H10O4P+. The minimum Gasteiger partial charge on any atom is -0.478 e. The van der Waals surface area contributed by atoms with Gasteiger partial charge in [-0.05, 0) is 22.3 Å². The van der Waals surface area contributed by atoms with E-state index in [2.05, 4.69) is 0 Å². The summed E-state index contributed by atoms with van der Waals surface area (Å²) in [4.78, 5) is 19.2. The Bertz CT molecular complexity index is 362. The van der Waals surface area contributed by atoms with Crippen LogP contribution in [-0.2, 0) is 11.0 Å². The second-order valence-electron chi connectivity index (χ2n) is 2.83. The minimum absolute atomic E-state index is 0.165. The molecule has 0 saturated heterocycles. The SMILES string of the molecule is O=C(O)c1cccc(CC[P+](=O)O)c1. The summed E-state index contributed by atoms with van der Waals surface area (Å²) in [6.07, 6.45) is 0.589. The Balaban J connectivity index is 2.73. The number of rotatable bonds is 4. The average molecular weight is 213 g/mol. The van der Waals surface area contributed by atoms with Crippen molar-refractivity contribution < 1.29 is 19.4 Å². The number of hydrogen-bond acceptors (Lipinski definition) is 2. The largest absolute Gasteiger partial charge is 0.505 e. The van der Waals surface area contributed by atoms with Crippen LogP contribution < -0.4 is 0 Å². The first-order valence-corrected chi connectivity index (χ1v) is 5.45. The van der Waals surface area contributed by atoms with E-state index in [4.69, 9.17) is 10.00 Å². The fourth-order valence-electron chi connectivity index (χ4n) is 1.08. The molecule has 0 aliphatic rings. The Labute approximate surface area is 82.1 Å². The van der Waals surface area contributed by atoms with E-state index in [1.807, 2.05) is 0 Å². The van der Waals surface area contributed by atoms with E-state index in [-0.39, 0.29) is 11.7 Å². The van der Waals surface area contributed by atoms with E-state index >= 15 is 0 Å². The Morgan fingerprint density at radius 2 is 2.14 bits per heavy atom. The van der Waals surface area contributed by atoms with Gasteiger partial charge in [0.2, 0.25) is 0 Å². The summed E-state index contributed by atoms with van der Waals surface area (Å²) in [7, 11) is -2.15. The normalized spacial score (nSPS) is 11.1. The summed E-state index contributed by atoms with van der Waals surface area (Å²) in [6.45, 7) is 0. The lowest BCUT2D eigenvalue weighted by molar-refractivity contribution is 0.0697. The van der Waals surface area contributed by atoms with Gasteiger partial charge < -0.3 is 5.11 Å². The third-order valence-electron chi connectivity index (χ3n) is 1.77. The highest BCUT2D eigenvalue weighted by Crippen LogP contribution is 2.16. The molecular weight excluding hydrogens is 203 g/mol. The van der Waals surface area contributed by atoms with Gasteiger partial charge >= 0.3 is 14.0 Å². The first-order chi connectivity index (χ1) is 6.59. The van der Waals surface area contributed by atoms with Gasteiger partial charge in [-0.3, -0.25) is 0 Å². The fraction of sp³-hybridized carbons (Fsp3) is 0.222. The highest BCUT2D eigenvalue weighted by Gasteiger charge is 2.10. The minimum atomic E-state index is -2.15. The smallest absolute Gasteiger partial charge is 0.478 e. The molecule has 5 heteroatoms. The van der Waals surface area contributed by atoms with Gasteiger partial charge in [0.05, 0.1) is 5.56 Å². The van der Waals surface area contributed by atoms with Crippen LogP contribution >= 0.6 is 8.03 Å². The van der Waals surface area contributed by atoms with E-state index in [0.717, 1.165) is 5.56 Å². The van der Waals surface area contributed by atoms with Crippen LogP contribution in [0.5, 0.6) is 0 Å². The van der Waals surface area contributed by atoms with E-state index in [0.29, 0.717) is 6.42 Å². The third-order valence-corrected chi connectivity index (χ3v) is 2.37. The zero-order valence-corrected chi connectivity index (χ0v) is 8.28. The maximum atomic E-state index is 10.6. The molecule has 14 heavy (non-hydrogen) atoms. The van der Waals surface area contributed by atoms with Crippen LogP contribution in [0.1, 0.15) is 15.9 Å². The van der Waals surface area contributed by atoms with Crippen LogP contribution in [0, 0.1) is 0 Å². The predicted molar refractivity (Wildman–Crippen MR) is 51.8 cm³/mol. The average Bonchev–Trinajstić information content (AvgIpc) is 2.15. The lowest BCUT2D eigenvalue weighted by Gasteiger charge is -1.97. The molecule has 0 saturated carbocycles. The summed E-state index contributed by atoms with van der Waals surface area (Å²) in [5.74, 6) is -0.986. The van der Waals surface area contributed by atoms with Gasteiger partial charge in [0.25, 0.3) is 0 Å². The summed E-state index contributed by atoms with van der Waals surface area (Å²) >= 11 is 0. The van der Waals surface area contributed by atoms with Gasteiger partial charge in [0, 0.05) is 6.42 Å². The summed E-state index contributed by atoms with van der Waals surface area (Å²) in [5, 5.41) is 8.68. The number of aryl methyl sites for hydroxylation is 1. The second kappa shape index (κ2) is 4.84. The number of hydrogen-bond donors (Lipinski definition) is 2. The standard InChI is InChI=1S/C9H9O4P/c10-9(11)8-3-1-2-7(6-8)4-5-14(12)13/h1-3,6H,4-5H2,(H-,10,11,12,13)/p+1. The van der Waals surface area contributed by atoms with Gasteiger partial charge in [-0.15, -0.1) is 0 Å². The number of carboxylic acid groups (broad SMARTS) is 1. The zero-order valence-electron chi connectivity index (χ0n) is 7.38. The number of aromatic carboxylic acids is 1. The van der Waals surface area contributed by atoms with Crippen LogP contribution in [0.4, 0.5) is 0 Å². The van der Waals surface area contributed by atoms with Gasteiger partial charge in [0.1, 0.15) is 0 Å². The quantitative estimate of drug-likeness (QED) is 0.746. The zero-order chi connectivity index (χ0) is 10.6. The first-order valence-electron chi connectivity index (χ1n) is 4.05. The maximum absolute atomic E-state index is 10.6. The highest BCUT2D eigenvalue weighted by molar-refractivity contribution is 7.37. The Hall–Kier alpha value is -1.25. The molecule has 1 unspecified atom stereocenters. The molecule has 0 fully saturated rings. The van der Waals surface area contributed by atoms with Crippen LogP contribution in [0.3, 0.4) is 0 Å². The molecule has 1 aromatic carbocycles. The van der Waals surface area contributed by atoms with Crippen molar-refractivity contribution in [3.63, 3.8) is 0 Å². The molecule has 0 heterocycles. The molecule has 1 rings (SSSR count). The number of carboxylic acids is 1. The molecule has 0 radical (unpaired) electrons. The molecule has 1 aromatic rings. The fourth-order valence-corrected chi connectivity index (χ4v) is 1.53.